The molecule has 1 aromatic heterocycles. The molecule has 3 aromatic rings. The lowest BCUT2D eigenvalue weighted by molar-refractivity contribution is -0.130. The minimum absolute atomic E-state index is 0.0699. The third-order valence-electron chi connectivity index (χ3n) is 5.97. The van der Waals surface area contributed by atoms with Gasteiger partial charge in [-0.3, -0.25) is 9.59 Å². The van der Waals surface area contributed by atoms with Crippen LogP contribution in [-0.4, -0.2) is 45.4 Å². The molecule has 1 N–H and O–H groups in total. The molecule has 2 aliphatic heterocycles. The molecule has 1 amide bonds. The summed E-state index contributed by atoms with van der Waals surface area (Å²) in [6, 6.07) is 17.4. The Morgan fingerprint density at radius 3 is 2.68 bits per heavy atom. The third-order valence-corrected chi connectivity index (χ3v) is 6.25. The van der Waals surface area contributed by atoms with E-state index in [-0.39, 0.29) is 16.6 Å². The Kier molecular flexibility index (Phi) is 5.11. The minimum Gasteiger partial charge on any atom is -0.359 e. The van der Waals surface area contributed by atoms with Crippen molar-refractivity contribution >= 4 is 46.3 Å². The zero-order valence-electron chi connectivity index (χ0n) is 17.0. The molecular formula is C24H22N4O2S. The number of hydrogen-bond donors (Lipinski definition) is 1. The van der Waals surface area contributed by atoms with Gasteiger partial charge in [-0.1, -0.05) is 48.5 Å². The second-order valence-corrected chi connectivity index (χ2v) is 8.22. The van der Waals surface area contributed by atoms with Gasteiger partial charge in [0.15, 0.2) is 0 Å². The Hall–Kier alpha value is -3.32. The van der Waals surface area contributed by atoms with E-state index in [1.165, 1.54) is 15.7 Å². The molecule has 2 aromatic carbocycles. The van der Waals surface area contributed by atoms with Crippen molar-refractivity contribution in [2.75, 3.05) is 18.4 Å². The van der Waals surface area contributed by atoms with Gasteiger partial charge in [-0.05, 0) is 48.3 Å². The maximum Gasteiger partial charge on any atom is 0.257 e. The molecule has 7 heteroatoms. The van der Waals surface area contributed by atoms with E-state index in [2.05, 4.69) is 28.5 Å². The molecule has 1 atom stereocenters. The summed E-state index contributed by atoms with van der Waals surface area (Å²) >= 11 is 5.34. The van der Waals surface area contributed by atoms with Crippen LogP contribution in [0.1, 0.15) is 29.6 Å². The highest BCUT2D eigenvalue weighted by Gasteiger charge is 2.32. The molecule has 3 heterocycles. The van der Waals surface area contributed by atoms with Crippen molar-refractivity contribution in [3.63, 3.8) is 0 Å². The van der Waals surface area contributed by atoms with Gasteiger partial charge in [0, 0.05) is 24.9 Å². The summed E-state index contributed by atoms with van der Waals surface area (Å²) < 4.78 is 1.71. The molecule has 156 valence electrons. The average Bonchev–Trinajstić information content (AvgIpc) is 3.15. The van der Waals surface area contributed by atoms with Crippen LogP contribution in [0.15, 0.2) is 60.7 Å². The van der Waals surface area contributed by atoms with Gasteiger partial charge in [-0.2, -0.15) is 0 Å². The van der Waals surface area contributed by atoms with Gasteiger partial charge < -0.3 is 10.2 Å². The highest BCUT2D eigenvalue weighted by molar-refractivity contribution is 7.71. The van der Waals surface area contributed by atoms with Crippen molar-refractivity contribution in [2.45, 2.75) is 25.3 Å². The maximum atomic E-state index is 12.9. The van der Waals surface area contributed by atoms with Crippen molar-refractivity contribution < 1.29 is 9.59 Å². The Morgan fingerprint density at radius 1 is 1.13 bits per heavy atom. The fourth-order valence-electron chi connectivity index (χ4n) is 4.30. The zero-order valence-corrected chi connectivity index (χ0v) is 17.8. The van der Waals surface area contributed by atoms with Crippen LogP contribution in [0.5, 0.6) is 0 Å². The number of hydrogen-bond acceptors (Lipinski definition) is 5. The SMILES string of the molecule is O=C(CC[C@@H]1Nc2c3ccccc3nc(=S)n2C1=O)N1CC=C(c2ccccc2)CC1. The van der Waals surface area contributed by atoms with E-state index < -0.39 is 6.04 Å². The van der Waals surface area contributed by atoms with Crippen LogP contribution < -0.4 is 5.32 Å². The first-order chi connectivity index (χ1) is 15.1. The summed E-state index contributed by atoms with van der Waals surface area (Å²) in [5.74, 6) is 0.600. The van der Waals surface area contributed by atoms with E-state index in [1.54, 1.807) is 0 Å². The number of para-hydroxylation sites is 1. The second kappa shape index (κ2) is 8.07. The second-order valence-electron chi connectivity index (χ2n) is 7.85. The summed E-state index contributed by atoms with van der Waals surface area (Å²) in [7, 11) is 0. The molecule has 0 saturated heterocycles. The quantitative estimate of drug-likeness (QED) is 0.625. The van der Waals surface area contributed by atoms with Gasteiger partial charge in [0.05, 0.1) is 5.52 Å². The standard InChI is InChI=1S/C24H22N4O2S/c29-21(27-14-12-17(13-15-27)16-6-2-1-3-7-16)11-10-20-23(30)28-22(25-20)18-8-4-5-9-19(18)26-24(28)31/h1-9,12,20,25H,10-11,13-15H2/t20-/m0/s1. The van der Waals surface area contributed by atoms with Crippen LogP contribution in [0.4, 0.5) is 5.82 Å². The number of rotatable bonds is 4. The van der Waals surface area contributed by atoms with Crippen LogP contribution >= 0.6 is 12.2 Å². The Bertz CT molecular complexity index is 1270. The lowest BCUT2D eigenvalue weighted by atomic mass is 9.99. The monoisotopic (exact) mass is 430 g/mol. The number of nitrogens with zero attached hydrogens (tertiary/aromatic N) is 3. The summed E-state index contributed by atoms with van der Waals surface area (Å²) in [5, 5.41) is 4.13. The van der Waals surface area contributed by atoms with Gasteiger partial charge in [0.2, 0.25) is 10.7 Å². The molecular weight excluding hydrogens is 408 g/mol. The normalized spacial score (nSPS) is 17.9. The summed E-state index contributed by atoms with van der Waals surface area (Å²) in [5.41, 5.74) is 3.25. The number of carbonyl (C=O) groups excluding carboxylic acids is 2. The first kappa shape index (κ1) is 19.6. The Labute approximate surface area is 185 Å². The van der Waals surface area contributed by atoms with Gasteiger partial charge in [0.1, 0.15) is 11.9 Å². The van der Waals surface area contributed by atoms with E-state index in [4.69, 9.17) is 12.2 Å². The van der Waals surface area contributed by atoms with Crippen molar-refractivity contribution in [2.24, 2.45) is 0 Å². The highest BCUT2D eigenvalue weighted by Crippen LogP contribution is 2.29. The lowest BCUT2D eigenvalue weighted by Gasteiger charge is -2.27. The fourth-order valence-corrected chi connectivity index (χ4v) is 4.58. The zero-order chi connectivity index (χ0) is 21.4. The van der Waals surface area contributed by atoms with Crippen molar-refractivity contribution in [1.29, 1.82) is 0 Å². The number of nitrogens with one attached hydrogen (secondary N) is 1. The van der Waals surface area contributed by atoms with Crippen LogP contribution in [0.2, 0.25) is 0 Å². The van der Waals surface area contributed by atoms with Crippen molar-refractivity contribution in [3.8, 4) is 0 Å². The van der Waals surface area contributed by atoms with Crippen molar-refractivity contribution in [1.82, 2.24) is 14.5 Å². The van der Waals surface area contributed by atoms with E-state index in [1.807, 2.05) is 47.4 Å². The first-order valence-electron chi connectivity index (χ1n) is 10.5. The lowest BCUT2D eigenvalue weighted by Crippen LogP contribution is -2.36. The smallest absolute Gasteiger partial charge is 0.257 e. The summed E-state index contributed by atoms with van der Waals surface area (Å²) in [6.45, 7) is 1.31. The van der Waals surface area contributed by atoms with Crippen LogP contribution in [0.3, 0.4) is 0 Å². The number of anilines is 1. The van der Waals surface area contributed by atoms with Crippen LogP contribution in [-0.2, 0) is 4.79 Å². The third kappa shape index (κ3) is 3.65. The minimum atomic E-state index is -0.474. The van der Waals surface area contributed by atoms with Gasteiger partial charge >= 0.3 is 0 Å². The molecule has 0 spiro atoms. The molecule has 0 aliphatic carbocycles. The Morgan fingerprint density at radius 2 is 1.90 bits per heavy atom. The van der Waals surface area contributed by atoms with Gasteiger partial charge in [-0.15, -0.1) is 0 Å². The predicted octanol–water partition coefficient (Wildman–Crippen LogP) is 4.30. The molecule has 0 saturated carbocycles. The predicted molar refractivity (Wildman–Crippen MR) is 123 cm³/mol. The van der Waals surface area contributed by atoms with E-state index in [9.17, 15) is 9.59 Å². The Balaban J connectivity index is 1.25. The molecule has 0 fully saturated rings. The largest absolute Gasteiger partial charge is 0.359 e. The number of aromatic nitrogens is 2. The first-order valence-corrected chi connectivity index (χ1v) is 10.9. The van der Waals surface area contributed by atoms with Crippen LogP contribution in [0.25, 0.3) is 16.5 Å². The van der Waals surface area contributed by atoms with Gasteiger partial charge in [-0.25, -0.2) is 9.55 Å². The number of carbonyl (C=O) groups is 2. The van der Waals surface area contributed by atoms with Gasteiger partial charge in [0.25, 0.3) is 5.91 Å². The van der Waals surface area contributed by atoms with E-state index >= 15 is 0 Å². The maximum absolute atomic E-state index is 12.9. The average molecular weight is 431 g/mol. The molecule has 31 heavy (non-hydrogen) atoms. The topological polar surface area (TPSA) is 67.2 Å². The highest BCUT2D eigenvalue weighted by atomic mass is 32.1. The fraction of sp³-hybridized carbons (Fsp3) is 0.250. The van der Waals surface area contributed by atoms with Crippen LogP contribution in [0, 0.1) is 4.77 Å². The molecule has 2 aliphatic rings. The number of benzene rings is 2. The molecule has 0 unspecified atom stereocenters. The molecule has 0 bridgehead atoms. The molecule has 0 radical (unpaired) electrons. The number of amides is 1. The summed E-state index contributed by atoms with van der Waals surface area (Å²) in [6.07, 6.45) is 3.70. The summed E-state index contributed by atoms with van der Waals surface area (Å²) in [4.78, 5) is 31.9. The van der Waals surface area contributed by atoms with E-state index in [0.29, 0.717) is 31.7 Å². The molecule has 6 nitrogen and oxygen atoms in total. The molecule has 5 rings (SSSR count). The van der Waals surface area contributed by atoms with E-state index in [0.717, 1.165) is 17.3 Å². The van der Waals surface area contributed by atoms with Crippen molar-refractivity contribution in [3.05, 3.63) is 71.0 Å². The number of fused-ring (bicyclic) bond motifs is 3.